The van der Waals surface area contributed by atoms with E-state index in [0.29, 0.717) is 27.9 Å². The zero-order valence-electron chi connectivity index (χ0n) is 21.4. The molecule has 0 saturated heterocycles. The number of fused-ring (bicyclic) bond motifs is 4. The Labute approximate surface area is 214 Å². The molecule has 5 aromatic rings. The zero-order valence-corrected chi connectivity index (χ0v) is 21.4. The van der Waals surface area contributed by atoms with Crippen molar-refractivity contribution in [3.63, 3.8) is 0 Å². The Morgan fingerprint density at radius 1 is 0.842 bits per heavy atom. The van der Waals surface area contributed by atoms with Crippen LogP contribution in [-0.2, 0) is 13.5 Å². The van der Waals surface area contributed by atoms with Gasteiger partial charge in [-0.25, -0.2) is 4.98 Å². The van der Waals surface area contributed by atoms with Crippen molar-refractivity contribution in [3.8, 4) is 11.3 Å². The van der Waals surface area contributed by atoms with Gasteiger partial charge in [-0.2, -0.15) is 30.9 Å². The molecule has 38 heavy (non-hydrogen) atoms. The molecular formula is C29H25F6N2O+. The van der Waals surface area contributed by atoms with Gasteiger partial charge < -0.3 is 4.42 Å². The smallest absolute Gasteiger partial charge is 0.403 e. The third kappa shape index (κ3) is 3.82. The lowest BCUT2D eigenvalue weighted by Crippen LogP contribution is -2.49. The van der Waals surface area contributed by atoms with Crippen molar-refractivity contribution in [2.45, 2.75) is 46.5 Å². The second-order valence-corrected chi connectivity index (χ2v) is 10.1. The van der Waals surface area contributed by atoms with Crippen LogP contribution in [0.1, 0.15) is 29.3 Å². The minimum atomic E-state index is -5.46. The molecule has 198 valence electrons. The zero-order chi connectivity index (χ0) is 27.8. The minimum Gasteiger partial charge on any atom is -0.437 e. The Bertz CT molecular complexity index is 1720. The molecule has 9 heteroatoms. The lowest BCUT2D eigenvalue weighted by molar-refractivity contribution is -0.633. The highest BCUT2D eigenvalue weighted by Crippen LogP contribution is 2.52. The van der Waals surface area contributed by atoms with E-state index in [2.05, 4.69) is 4.98 Å². The average Bonchev–Trinajstić information content (AvgIpc) is 3.16. The standard InChI is InChI=1S/C29H25F6N2O/c1-15-13-21-20-10-9-16(2)36-26(20)38-25(21)24(17(15)3)23-12-11-19-18(7-6-8-22(19)37(23)5)14-27(4,28(30,31)32)29(33,34)35/h6-13H,14H2,1-5H3/q+1. The first kappa shape index (κ1) is 26.0. The number of aromatic nitrogens is 2. The summed E-state index contributed by atoms with van der Waals surface area (Å²) in [5.41, 5.74) is 1.97. The molecule has 0 fully saturated rings. The highest BCUT2D eigenvalue weighted by atomic mass is 19.4. The second kappa shape index (κ2) is 8.44. The highest BCUT2D eigenvalue weighted by Gasteiger charge is 2.67. The van der Waals surface area contributed by atoms with Crippen LogP contribution in [-0.4, -0.2) is 17.3 Å². The Morgan fingerprint density at radius 2 is 1.50 bits per heavy atom. The topological polar surface area (TPSA) is 29.9 Å². The molecule has 2 aromatic carbocycles. The first-order valence-electron chi connectivity index (χ1n) is 12.0. The Balaban J connectivity index is 1.74. The fourth-order valence-corrected chi connectivity index (χ4v) is 5.05. The number of rotatable bonds is 3. The summed E-state index contributed by atoms with van der Waals surface area (Å²) in [5, 5.41) is 2.06. The maximum Gasteiger partial charge on any atom is 0.403 e. The molecule has 3 nitrogen and oxygen atoms in total. The molecule has 0 saturated carbocycles. The summed E-state index contributed by atoms with van der Waals surface area (Å²) < 4.78 is 89.9. The predicted octanol–water partition coefficient (Wildman–Crippen LogP) is 8.22. The minimum absolute atomic E-state index is 0.0312. The van der Waals surface area contributed by atoms with Gasteiger partial charge in [-0.05, 0) is 75.1 Å². The fourth-order valence-electron chi connectivity index (χ4n) is 5.05. The largest absolute Gasteiger partial charge is 0.437 e. The van der Waals surface area contributed by atoms with E-state index in [9.17, 15) is 26.3 Å². The lowest BCUT2D eigenvalue weighted by atomic mass is 9.81. The van der Waals surface area contributed by atoms with Crippen molar-refractivity contribution < 1.29 is 35.3 Å². The van der Waals surface area contributed by atoms with Crippen molar-refractivity contribution >= 4 is 33.0 Å². The molecule has 3 heterocycles. The molecule has 3 aromatic heterocycles. The molecule has 0 aliphatic rings. The van der Waals surface area contributed by atoms with Gasteiger partial charge in [0, 0.05) is 34.0 Å². The number of nitrogens with zero attached hydrogens (tertiary/aromatic N) is 2. The summed E-state index contributed by atoms with van der Waals surface area (Å²) >= 11 is 0. The maximum absolute atomic E-state index is 13.7. The molecule has 0 amide bonds. The van der Waals surface area contributed by atoms with Crippen molar-refractivity contribution in [1.82, 2.24) is 4.98 Å². The van der Waals surface area contributed by atoms with Crippen LogP contribution < -0.4 is 4.57 Å². The highest BCUT2D eigenvalue weighted by molar-refractivity contribution is 6.09. The second-order valence-electron chi connectivity index (χ2n) is 10.1. The van der Waals surface area contributed by atoms with Crippen molar-refractivity contribution in [1.29, 1.82) is 0 Å². The fraction of sp³-hybridized carbons (Fsp3) is 0.310. The van der Waals surface area contributed by atoms with Crippen LogP contribution in [0.25, 0.3) is 44.2 Å². The average molecular weight is 532 g/mol. The first-order chi connectivity index (χ1) is 17.6. The number of halogens is 6. The quantitative estimate of drug-likeness (QED) is 0.173. The lowest BCUT2D eigenvalue weighted by Gasteiger charge is -2.34. The van der Waals surface area contributed by atoms with Crippen LogP contribution in [0.5, 0.6) is 0 Å². The van der Waals surface area contributed by atoms with Crippen LogP contribution >= 0.6 is 0 Å². The van der Waals surface area contributed by atoms with Gasteiger partial charge in [0.25, 0.3) is 0 Å². The number of pyridine rings is 2. The summed E-state index contributed by atoms with van der Waals surface area (Å²) in [7, 11) is 1.74. The third-order valence-corrected chi connectivity index (χ3v) is 7.64. The predicted molar refractivity (Wildman–Crippen MR) is 134 cm³/mol. The molecule has 0 aliphatic carbocycles. The SMILES string of the molecule is Cc1ccc2c(n1)oc1c(-c3ccc4c(CC(C)(C(F)(F)F)C(F)(F)F)cccc4[n+]3C)c(C)c(C)cc12. The molecule has 0 atom stereocenters. The van der Waals surface area contributed by atoms with E-state index in [1.54, 1.807) is 29.8 Å². The van der Waals surface area contributed by atoms with Crippen molar-refractivity contribution in [2.75, 3.05) is 0 Å². The van der Waals surface area contributed by atoms with Crippen LogP contribution in [0.4, 0.5) is 26.3 Å². The monoisotopic (exact) mass is 531 g/mol. The van der Waals surface area contributed by atoms with Crippen molar-refractivity contribution in [2.24, 2.45) is 12.5 Å². The van der Waals surface area contributed by atoms with E-state index < -0.39 is 24.2 Å². The van der Waals surface area contributed by atoms with Gasteiger partial charge >= 0.3 is 12.4 Å². The summed E-state index contributed by atoms with van der Waals surface area (Å²) in [4.78, 5) is 4.51. The summed E-state index contributed by atoms with van der Waals surface area (Å²) in [6.07, 6.45) is -12.2. The number of benzene rings is 2. The van der Waals surface area contributed by atoms with Crippen molar-refractivity contribution in [3.05, 3.63) is 70.9 Å². The van der Waals surface area contributed by atoms with Gasteiger partial charge in [0.05, 0.1) is 5.56 Å². The number of aryl methyl sites for hydroxylation is 3. The normalized spacial score (nSPS) is 13.2. The van der Waals surface area contributed by atoms with Crippen LogP contribution in [0, 0.1) is 26.2 Å². The van der Waals surface area contributed by atoms with E-state index in [4.69, 9.17) is 4.42 Å². The summed E-state index contributed by atoms with van der Waals surface area (Å²) in [6.45, 7) is 6.01. The number of furan rings is 1. The molecule has 0 N–H and O–H groups in total. The summed E-state index contributed by atoms with van der Waals surface area (Å²) in [6, 6.07) is 13.7. The van der Waals surface area contributed by atoms with Gasteiger partial charge in [-0.15, -0.1) is 0 Å². The van der Waals surface area contributed by atoms with Crippen LogP contribution in [0.2, 0.25) is 0 Å². The van der Waals surface area contributed by atoms with Gasteiger partial charge in [-0.3, -0.25) is 0 Å². The molecule has 0 aliphatic heterocycles. The number of alkyl halides is 6. The Morgan fingerprint density at radius 3 is 2.16 bits per heavy atom. The van der Waals surface area contributed by atoms with Gasteiger partial charge in [-0.1, -0.05) is 12.1 Å². The maximum atomic E-state index is 13.7. The van der Waals surface area contributed by atoms with Gasteiger partial charge in [0.15, 0.2) is 11.0 Å². The molecule has 0 bridgehead atoms. The Kier molecular flexibility index (Phi) is 5.78. The van der Waals surface area contributed by atoms with E-state index in [1.807, 2.05) is 39.0 Å². The van der Waals surface area contributed by atoms with Crippen LogP contribution in [0.15, 0.2) is 52.9 Å². The number of hydrogen-bond acceptors (Lipinski definition) is 2. The molecule has 0 unspecified atom stereocenters. The molecule has 5 rings (SSSR count). The van der Waals surface area contributed by atoms with E-state index in [1.165, 1.54) is 12.1 Å². The van der Waals surface area contributed by atoms with E-state index in [0.717, 1.165) is 33.2 Å². The first-order valence-corrected chi connectivity index (χ1v) is 12.0. The van der Waals surface area contributed by atoms with Crippen LogP contribution in [0.3, 0.4) is 0 Å². The molecule has 0 spiro atoms. The van der Waals surface area contributed by atoms with Gasteiger partial charge in [0.2, 0.25) is 16.9 Å². The van der Waals surface area contributed by atoms with E-state index in [-0.39, 0.29) is 12.5 Å². The molecular weight excluding hydrogens is 506 g/mol. The number of hydrogen-bond donors (Lipinski definition) is 0. The molecule has 0 radical (unpaired) electrons. The van der Waals surface area contributed by atoms with E-state index >= 15 is 0 Å². The third-order valence-electron chi connectivity index (χ3n) is 7.64. The Hall–Kier alpha value is -3.62. The van der Waals surface area contributed by atoms with Gasteiger partial charge in [0.1, 0.15) is 7.05 Å². The summed E-state index contributed by atoms with van der Waals surface area (Å²) in [5.74, 6) is 0.